The van der Waals surface area contributed by atoms with Crippen molar-refractivity contribution in [2.24, 2.45) is 0 Å². The number of benzene rings is 2. The molecule has 164 valence electrons. The summed E-state index contributed by atoms with van der Waals surface area (Å²) in [6, 6.07) is 11.3. The fourth-order valence-corrected chi connectivity index (χ4v) is 3.30. The average molecular weight is 475 g/mol. The highest BCUT2D eigenvalue weighted by Crippen LogP contribution is 2.24. The molecule has 32 heavy (non-hydrogen) atoms. The number of aromatic nitrogens is 3. The summed E-state index contributed by atoms with van der Waals surface area (Å²) in [4.78, 5) is 12.7. The zero-order valence-electron chi connectivity index (χ0n) is 16.8. The second kappa shape index (κ2) is 9.42. The van der Waals surface area contributed by atoms with Crippen LogP contribution in [-0.2, 0) is 13.2 Å². The summed E-state index contributed by atoms with van der Waals surface area (Å²) in [5.41, 5.74) is 1.85. The monoisotopic (exact) mass is 474 g/mol. The summed E-state index contributed by atoms with van der Waals surface area (Å²) >= 11 is 12.0. The van der Waals surface area contributed by atoms with Gasteiger partial charge < -0.3 is 14.6 Å². The Kier molecular flexibility index (Phi) is 6.43. The highest BCUT2D eigenvalue weighted by Gasteiger charge is 2.21. The molecule has 0 spiro atoms. The van der Waals surface area contributed by atoms with Gasteiger partial charge in [-0.05, 0) is 36.8 Å². The molecule has 0 aliphatic rings. The molecule has 0 aliphatic heterocycles. The van der Waals surface area contributed by atoms with Crippen LogP contribution in [-0.4, -0.2) is 20.8 Å². The number of carbonyl (C=O) groups is 1. The minimum Gasteiger partial charge on any atom is -0.486 e. The predicted molar refractivity (Wildman–Crippen MR) is 118 cm³/mol. The molecule has 0 atom stereocenters. The van der Waals surface area contributed by atoms with Gasteiger partial charge in [-0.2, -0.15) is 5.10 Å². The number of aryl methyl sites for hydroxylation is 1. The number of amides is 1. The Labute approximate surface area is 192 Å². The van der Waals surface area contributed by atoms with Crippen LogP contribution in [0.5, 0.6) is 5.75 Å². The van der Waals surface area contributed by atoms with Gasteiger partial charge in [0.25, 0.3) is 5.91 Å². The maximum Gasteiger partial charge on any atom is 0.278 e. The zero-order valence-corrected chi connectivity index (χ0v) is 18.3. The average Bonchev–Trinajstić information content (AvgIpc) is 3.36. The molecule has 4 rings (SSSR count). The van der Waals surface area contributed by atoms with E-state index >= 15 is 0 Å². The van der Waals surface area contributed by atoms with Gasteiger partial charge in [0.2, 0.25) is 0 Å². The fraction of sp³-hybridized carbons (Fsp3) is 0.136. The Morgan fingerprint density at radius 2 is 2.03 bits per heavy atom. The topological polar surface area (TPSA) is 82.2 Å². The molecule has 0 radical (unpaired) electrons. The molecule has 0 bridgehead atoms. The van der Waals surface area contributed by atoms with Crippen molar-refractivity contribution in [2.75, 3.05) is 5.32 Å². The van der Waals surface area contributed by atoms with E-state index in [0.29, 0.717) is 33.6 Å². The van der Waals surface area contributed by atoms with Crippen LogP contribution in [0, 0.1) is 12.7 Å². The molecule has 2 aromatic heterocycles. The summed E-state index contributed by atoms with van der Waals surface area (Å²) in [5.74, 6) is -0.519. The summed E-state index contributed by atoms with van der Waals surface area (Å²) < 4.78 is 26.1. The normalized spacial score (nSPS) is 10.9. The Morgan fingerprint density at radius 3 is 2.81 bits per heavy atom. The molecule has 4 aromatic rings. The van der Waals surface area contributed by atoms with Gasteiger partial charge in [-0.1, -0.05) is 46.6 Å². The van der Waals surface area contributed by atoms with Crippen LogP contribution in [0.25, 0.3) is 0 Å². The Bertz CT molecular complexity index is 1270. The summed E-state index contributed by atoms with van der Waals surface area (Å²) in [6.45, 7) is 2.02. The number of hydrogen-bond donors (Lipinski definition) is 1. The number of para-hydroxylation sites is 1. The summed E-state index contributed by atoms with van der Waals surface area (Å²) in [5, 5.41) is 11.7. The maximum atomic E-state index is 13.8. The quantitative estimate of drug-likeness (QED) is 0.382. The van der Waals surface area contributed by atoms with Crippen molar-refractivity contribution in [2.45, 2.75) is 20.1 Å². The van der Waals surface area contributed by atoms with Crippen molar-refractivity contribution in [1.82, 2.24) is 14.9 Å². The number of carbonyl (C=O) groups excluding carboxylic acids is 1. The first-order valence-electron chi connectivity index (χ1n) is 9.51. The lowest BCUT2D eigenvalue weighted by atomic mass is 10.2. The lowest BCUT2D eigenvalue weighted by Gasteiger charge is -2.07. The number of rotatable bonds is 7. The first-order chi connectivity index (χ1) is 15.4. The molecule has 0 saturated carbocycles. The fourth-order valence-electron chi connectivity index (χ4n) is 2.98. The second-order valence-corrected chi connectivity index (χ2v) is 7.73. The number of nitrogens with zero attached hydrogens (tertiary/aromatic N) is 3. The SMILES string of the molecule is Cc1onc(C(=O)Nc2cnn(Cc3ccc(Cl)c(Cl)c3)c2)c1COc1ccccc1F. The smallest absolute Gasteiger partial charge is 0.278 e. The molecule has 0 aliphatic carbocycles. The Morgan fingerprint density at radius 1 is 1.22 bits per heavy atom. The van der Waals surface area contributed by atoms with E-state index < -0.39 is 11.7 Å². The molecule has 2 aromatic carbocycles. The Hall–Kier alpha value is -3.36. The van der Waals surface area contributed by atoms with Crippen LogP contribution in [0.2, 0.25) is 10.0 Å². The first-order valence-corrected chi connectivity index (χ1v) is 10.3. The lowest BCUT2D eigenvalue weighted by molar-refractivity contribution is 0.101. The standard InChI is InChI=1S/C22H17Cl2FN4O3/c1-13-16(12-31-20-5-3-2-4-19(20)25)21(28-32-13)22(30)27-15-9-26-29(11-15)10-14-6-7-17(23)18(24)8-14/h2-9,11H,10,12H2,1H3,(H,27,30). The number of ether oxygens (including phenoxy) is 1. The first kappa shape index (κ1) is 21.9. The predicted octanol–water partition coefficient (Wildman–Crippen LogP) is 5.51. The van der Waals surface area contributed by atoms with Crippen LogP contribution in [0.15, 0.2) is 59.4 Å². The molecule has 0 unspecified atom stereocenters. The number of hydrogen-bond acceptors (Lipinski definition) is 5. The molecule has 1 amide bonds. The summed E-state index contributed by atoms with van der Waals surface area (Å²) in [6.07, 6.45) is 3.18. The highest BCUT2D eigenvalue weighted by atomic mass is 35.5. The van der Waals surface area contributed by atoms with E-state index in [1.165, 1.54) is 18.3 Å². The van der Waals surface area contributed by atoms with Gasteiger partial charge in [-0.15, -0.1) is 0 Å². The lowest BCUT2D eigenvalue weighted by Crippen LogP contribution is -2.15. The van der Waals surface area contributed by atoms with Crippen molar-refractivity contribution in [3.05, 3.63) is 93.3 Å². The van der Waals surface area contributed by atoms with Gasteiger partial charge >= 0.3 is 0 Å². The van der Waals surface area contributed by atoms with Crippen molar-refractivity contribution < 1.29 is 18.4 Å². The molecule has 7 nitrogen and oxygen atoms in total. The van der Waals surface area contributed by atoms with Gasteiger partial charge in [-0.3, -0.25) is 9.48 Å². The number of anilines is 1. The third kappa shape index (κ3) is 4.92. The number of halogens is 3. The van der Waals surface area contributed by atoms with E-state index in [0.717, 1.165) is 5.56 Å². The van der Waals surface area contributed by atoms with E-state index in [2.05, 4.69) is 15.6 Å². The molecule has 1 N–H and O–H groups in total. The molecule has 2 heterocycles. The third-order valence-corrected chi connectivity index (χ3v) is 5.37. The second-order valence-electron chi connectivity index (χ2n) is 6.91. The summed E-state index contributed by atoms with van der Waals surface area (Å²) in [7, 11) is 0. The van der Waals surface area contributed by atoms with Gasteiger partial charge in [0.1, 0.15) is 12.4 Å². The van der Waals surface area contributed by atoms with Crippen molar-refractivity contribution in [3.8, 4) is 5.75 Å². The molecule has 10 heteroatoms. The van der Waals surface area contributed by atoms with E-state index in [9.17, 15) is 9.18 Å². The minimum absolute atomic E-state index is 0.0519. The van der Waals surface area contributed by atoms with Gasteiger partial charge in [0.15, 0.2) is 17.3 Å². The van der Waals surface area contributed by atoms with E-state index in [1.807, 2.05) is 6.07 Å². The zero-order chi connectivity index (χ0) is 22.7. The van der Waals surface area contributed by atoms with E-state index in [4.69, 9.17) is 32.5 Å². The third-order valence-electron chi connectivity index (χ3n) is 4.63. The van der Waals surface area contributed by atoms with Crippen molar-refractivity contribution in [1.29, 1.82) is 0 Å². The van der Waals surface area contributed by atoms with Crippen LogP contribution < -0.4 is 10.1 Å². The van der Waals surface area contributed by atoms with Crippen LogP contribution in [0.4, 0.5) is 10.1 Å². The molecular formula is C22H17Cl2FN4O3. The van der Waals surface area contributed by atoms with Gasteiger partial charge in [0.05, 0.1) is 34.0 Å². The van der Waals surface area contributed by atoms with Crippen LogP contribution >= 0.6 is 23.2 Å². The Balaban J connectivity index is 1.43. The number of nitrogens with one attached hydrogen (secondary N) is 1. The minimum atomic E-state index is -0.498. The van der Waals surface area contributed by atoms with Crippen molar-refractivity contribution >= 4 is 34.8 Å². The molecular weight excluding hydrogens is 458 g/mol. The van der Waals surface area contributed by atoms with Gasteiger partial charge in [0, 0.05) is 6.20 Å². The van der Waals surface area contributed by atoms with E-state index in [1.54, 1.807) is 42.1 Å². The molecule has 0 fully saturated rings. The van der Waals surface area contributed by atoms with E-state index in [-0.39, 0.29) is 18.1 Å². The highest BCUT2D eigenvalue weighted by molar-refractivity contribution is 6.42. The van der Waals surface area contributed by atoms with Crippen LogP contribution in [0.1, 0.15) is 27.4 Å². The maximum absolute atomic E-state index is 13.8. The van der Waals surface area contributed by atoms with Gasteiger partial charge in [-0.25, -0.2) is 4.39 Å². The van der Waals surface area contributed by atoms with Crippen LogP contribution in [0.3, 0.4) is 0 Å². The molecule has 0 saturated heterocycles. The largest absolute Gasteiger partial charge is 0.486 e. The van der Waals surface area contributed by atoms with Crippen molar-refractivity contribution in [3.63, 3.8) is 0 Å².